The second-order valence-electron chi connectivity index (χ2n) is 5.64. The summed E-state index contributed by atoms with van der Waals surface area (Å²) in [5.41, 5.74) is 0.516. The Morgan fingerprint density at radius 1 is 1.12 bits per heavy atom. The van der Waals surface area contributed by atoms with Crippen LogP contribution in [0.4, 0.5) is 14.5 Å². The van der Waals surface area contributed by atoms with Crippen LogP contribution in [0.2, 0.25) is 5.02 Å². The third-order valence-corrected chi connectivity index (χ3v) is 3.69. The average Bonchev–Trinajstić information content (AvgIpc) is 2.58. The van der Waals surface area contributed by atoms with Crippen molar-refractivity contribution in [1.82, 2.24) is 0 Å². The van der Waals surface area contributed by atoms with Gasteiger partial charge in [0.25, 0.3) is 5.91 Å². The van der Waals surface area contributed by atoms with Gasteiger partial charge in [0, 0.05) is 10.7 Å². The van der Waals surface area contributed by atoms with Crippen molar-refractivity contribution >= 4 is 23.2 Å². The fourth-order valence-corrected chi connectivity index (χ4v) is 2.29. The van der Waals surface area contributed by atoms with Gasteiger partial charge < -0.3 is 19.7 Å². The van der Waals surface area contributed by atoms with Gasteiger partial charge >= 0.3 is 6.61 Å². The van der Waals surface area contributed by atoms with Gasteiger partial charge in [0.05, 0.1) is 7.05 Å². The first-order valence-electron chi connectivity index (χ1n) is 7.97. The lowest BCUT2D eigenvalue weighted by atomic mass is 10.3. The van der Waals surface area contributed by atoms with Gasteiger partial charge in [-0.2, -0.15) is 8.78 Å². The second kappa shape index (κ2) is 9.94. The standard InChI is InChI=1S/C18H19ClF2N2O3/c1-23(10-11-25-15-6-2-13(19)3-7-15)12-17(24)22-14-4-8-16(9-5-14)26-18(20)21/h2-9,18H,10-12H2,1H3,(H,22,24)/p+1. The number of benzene rings is 2. The van der Waals surface area contributed by atoms with Crippen molar-refractivity contribution in [3.05, 3.63) is 53.6 Å². The average molecular weight is 386 g/mol. The van der Waals surface area contributed by atoms with Crippen LogP contribution in [0.1, 0.15) is 0 Å². The summed E-state index contributed by atoms with van der Waals surface area (Å²) in [5, 5.41) is 3.35. The minimum atomic E-state index is -2.87. The number of hydrogen-bond donors (Lipinski definition) is 2. The summed E-state index contributed by atoms with van der Waals surface area (Å²) in [7, 11) is 1.88. The number of rotatable bonds is 9. The highest BCUT2D eigenvalue weighted by atomic mass is 35.5. The van der Waals surface area contributed by atoms with E-state index in [1.54, 1.807) is 24.3 Å². The van der Waals surface area contributed by atoms with Gasteiger partial charge in [-0.25, -0.2) is 0 Å². The van der Waals surface area contributed by atoms with Crippen LogP contribution >= 0.6 is 11.6 Å². The van der Waals surface area contributed by atoms with Gasteiger partial charge in [0.2, 0.25) is 0 Å². The van der Waals surface area contributed by atoms with E-state index < -0.39 is 6.61 Å². The Morgan fingerprint density at radius 2 is 1.73 bits per heavy atom. The summed E-state index contributed by atoms with van der Waals surface area (Å²) in [4.78, 5) is 13.0. The molecule has 0 saturated heterocycles. The number of halogens is 3. The molecule has 0 bridgehead atoms. The van der Waals surface area contributed by atoms with E-state index in [1.807, 2.05) is 7.05 Å². The highest BCUT2D eigenvalue weighted by Gasteiger charge is 2.11. The van der Waals surface area contributed by atoms with Crippen LogP contribution in [-0.2, 0) is 4.79 Å². The molecule has 0 saturated carbocycles. The summed E-state index contributed by atoms with van der Waals surface area (Å²) in [6.45, 7) is -1.53. The van der Waals surface area contributed by atoms with Crippen molar-refractivity contribution in [1.29, 1.82) is 0 Å². The lowest BCUT2D eigenvalue weighted by Crippen LogP contribution is -3.10. The molecule has 2 N–H and O–H groups in total. The molecule has 0 spiro atoms. The summed E-state index contributed by atoms with van der Waals surface area (Å²) >= 11 is 5.81. The second-order valence-corrected chi connectivity index (χ2v) is 6.07. The Bertz CT molecular complexity index is 697. The van der Waals surface area contributed by atoms with Crippen LogP contribution in [-0.4, -0.2) is 39.3 Å². The zero-order valence-corrected chi connectivity index (χ0v) is 14.9. The van der Waals surface area contributed by atoms with Gasteiger partial charge in [0.1, 0.15) is 24.7 Å². The molecular formula is C18H20ClF2N2O3+. The molecule has 2 aromatic carbocycles. The normalized spacial score (nSPS) is 11.9. The fourth-order valence-electron chi connectivity index (χ4n) is 2.16. The topological polar surface area (TPSA) is 52.0 Å². The molecule has 26 heavy (non-hydrogen) atoms. The van der Waals surface area contributed by atoms with E-state index in [2.05, 4.69) is 10.1 Å². The van der Waals surface area contributed by atoms with E-state index in [9.17, 15) is 13.6 Å². The first kappa shape index (κ1) is 19.9. The summed E-state index contributed by atoms with van der Waals surface area (Å²) in [6.07, 6.45) is 0. The molecule has 0 fully saturated rings. The van der Waals surface area contributed by atoms with Gasteiger partial charge in [-0.1, -0.05) is 11.6 Å². The Morgan fingerprint density at radius 3 is 2.35 bits per heavy atom. The number of ether oxygens (including phenoxy) is 2. The fraction of sp³-hybridized carbons (Fsp3) is 0.278. The lowest BCUT2D eigenvalue weighted by Gasteiger charge is -2.14. The van der Waals surface area contributed by atoms with Crippen LogP contribution in [0.3, 0.4) is 0 Å². The molecule has 1 amide bonds. The zero-order valence-electron chi connectivity index (χ0n) is 14.2. The maximum Gasteiger partial charge on any atom is 0.387 e. The lowest BCUT2D eigenvalue weighted by molar-refractivity contribution is -0.871. The molecule has 1 unspecified atom stereocenters. The number of amides is 1. The minimum absolute atomic E-state index is 0.0418. The molecule has 140 valence electrons. The predicted octanol–water partition coefficient (Wildman–Crippen LogP) is 2.47. The van der Waals surface area contributed by atoms with E-state index in [-0.39, 0.29) is 18.2 Å². The monoisotopic (exact) mass is 385 g/mol. The summed E-state index contributed by atoms with van der Waals surface area (Å²) in [5.74, 6) is 0.578. The number of carbonyl (C=O) groups is 1. The molecule has 0 aliphatic rings. The molecular weight excluding hydrogens is 366 g/mol. The Labute approximate surface area is 155 Å². The molecule has 0 aromatic heterocycles. The van der Waals surface area contributed by atoms with Crippen molar-refractivity contribution < 1.29 is 27.9 Å². The predicted molar refractivity (Wildman–Crippen MR) is 95.3 cm³/mol. The van der Waals surface area contributed by atoms with Crippen LogP contribution in [0.25, 0.3) is 0 Å². The highest BCUT2D eigenvalue weighted by Crippen LogP contribution is 2.17. The van der Waals surface area contributed by atoms with E-state index in [4.69, 9.17) is 16.3 Å². The maximum atomic E-state index is 12.1. The van der Waals surface area contributed by atoms with Crippen LogP contribution < -0.4 is 19.7 Å². The van der Waals surface area contributed by atoms with Crippen molar-refractivity contribution in [2.45, 2.75) is 6.61 Å². The third kappa shape index (κ3) is 7.25. The number of alkyl halides is 2. The number of quaternary nitrogens is 1. The van der Waals surface area contributed by atoms with E-state index in [1.165, 1.54) is 24.3 Å². The summed E-state index contributed by atoms with van der Waals surface area (Å²) in [6, 6.07) is 12.8. The molecule has 1 atom stereocenters. The maximum absolute atomic E-state index is 12.1. The molecule has 8 heteroatoms. The number of anilines is 1. The molecule has 0 heterocycles. The summed E-state index contributed by atoms with van der Waals surface area (Å²) < 4.78 is 34.0. The molecule has 0 radical (unpaired) electrons. The van der Waals surface area contributed by atoms with Crippen LogP contribution in [0.15, 0.2) is 48.5 Å². The largest absolute Gasteiger partial charge is 0.488 e. The van der Waals surface area contributed by atoms with E-state index >= 15 is 0 Å². The number of nitrogens with one attached hydrogen (secondary N) is 2. The molecule has 0 aliphatic carbocycles. The third-order valence-electron chi connectivity index (χ3n) is 3.44. The first-order chi connectivity index (χ1) is 12.4. The number of hydrogen-bond acceptors (Lipinski definition) is 3. The number of carbonyl (C=O) groups excluding carboxylic acids is 1. The molecule has 2 aromatic rings. The van der Waals surface area contributed by atoms with Gasteiger partial charge in [-0.05, 0) is 48.5 Å². The quantitative estimate of drug-likeness (QED) is 0.697. The highest BCUT2D eigenvalue weighted by molar-refractivity contribution is 6.30. The van der Waals surface area contributed by atoms with Gasteiger partial charge in [-0.3, -0.25) is 4.79 Å². The van der Waals surface area contributed by atoms with Crippen LogP contribution in [0, 0.1) is 0 Å². The minimum Gasteiger partial charge on any atom is -0.488 e. The van der Waals surface area contributed by atoms with Crippen molar-refractivity contribution in [2.24, 2.45) is 0 Å². The van der Waals surface area contributed by atoms with Crippen molar-refractivity contribution in [3.63, 3.8) is 0 Å². The first-order valence-corrected chi connectivity index (χ1v) is 8.34. The Balaban J connectivity index is 1.70. The van der Waals surface area contributed by atoms with Crippen LogP contribution in [0.5, 0.6) is 11.5 Å². The van der Waals surface area contributed by atoms with E-state index in [0.717, 1.165) is 10.6 Å². The van der Waals surface area contributed by atoms with Gasteiger partial charge in [-0.15, -0.1) is 0 Å². The number of likely N-dealkylation sites (N-methyl/N-ethyl adjacent to an activating group) is 1. The molecule has 2 rings (SSSR count). The zero-order chi connectivity index (χ0) is 18.9. The van der Waals surface area contributed by atoms with Gasteiger partial charge in [0.15, 0.2) is 6.54 Å². The molecule has 5 nitrogen and oxygen atoms in total. The molecule has 0 aliphatic heterocycles. The van der Waals surface area contributed by atoms with Crippen molar-refractivity contribution in [2.75, 3.05) is 32.1 Å². The van der Waals surface area contributed by atoms with E-state index in [0.29, 0.717) is 23.9 Å². The Hall–Kier alpha value is -2.38. The Kier molecular flexibility index (Phi) is 7.62. The SMILES string of the molecule is C[NH+](CCOc1ccc(Cl)cc1)CC(=O)Nc1ccc(OC(F)F)cc1. The van der Waals surface area contributed by atoms with Crippen molar-refractivity contribution in [3.8, 4) is 11.5 Å². The smallest absolute Gasteiger partial charge is 0.387 e.